The van der Waals surface area contributed by atoms with Crippen molar-refractivity contribution in [1.29, 1.82) is 0 Å². The van der Waals surface area contributed by atoms with E-state index in [-0.39, 0.29) is 30.3 Å². The van der Waals surface area contributed by atoms with Crippen molar-refractivity contribution in [2.45, 2.75) is 26.3 Å². The molecular formula is C20H21Br2NO6. The number of aliphatic hydroxyl groups is 1. The zero-order chi connectivity index (χ0) is 21.7. The second kappa shape index (κ2) is 10.1. The van der Waals surface area contributed by atoms with Crippen molar-refractivity contribution in [1.82, 2.24) is 5.32 Å². The average Bonchev–Trinajstić information content (AvgIpc) is 2.63. The van der Waals surface area contributed by atoms with E-state index in [1.165, 1.54) is 18.2 Å². The molecule has 0 aliphatic carbocycles. The normalized spacial score (nSPS) is 11.9. The number of ether oxygens (including phenoxy) is 1. The third-order valence-corrected chi connectivity index (χ3v) is 5.34. The number of phenolic OH excluding ortho intramolecular Hbond substituents is 1. The zero-order valence-electron chi connectivity index (χ0n) is 15.8. The van der Waals surface area contributed by atoms with Gasteiger partial charge in [-0.05, 0) is 73.7 Å². The highest BCUT2D eigenvalue weighted by molar-refractivity contribution is 9.11. The smallest absolute Gasteiger partial charge is 0.307 e. The van der Waals surface area contributed by atoms with Gasteiger partial charge in [0.25, 0.3) is 5.91 Å². The Morgan fingerprint density at radius 3 is 2.28 bits per heavy atom. The maximum Gasteiger partial charge on any atom is 0.307 e. The van der Waals surface area contributed by atoms with Crippen molar-refractivity contribution in [3.8, 4) is 17.2 Å². The molecule has 0 spiro atoms. The largest absolute Gasteiger partial charge is 0.507 e. The molecule has 1 amide bonds. The van der Waals surface area contributed by atoms with Gasteiger partial charge in [-0.3, -0.25) is 9.59 Å². The molecule has 29 heavy (non-hydrogen) atoms. The van der Waals surface area contributed by atoms with Crippen LogP contribution in [0, 0.1) is 5.92 Å². The number of hydrogen-bond donors (Lipinski definition) is 4. The fourth-order valence-electron chi connectivity index (χ4n) is 2.53. The average molecular weight is 531 g/mol. The van der Waals surface area contributed by atoms with Crippen LogP contribution in [0.4, 0.5) is 0 Å². The van der Waals surface area contributed by atoms with Crippen LogP contribution in [0.1, 0.15) is 29.8 Å². The van der Waals surface area contributed by atoms with Crippen LogP contribution in [0.15, 0.2) is 39.3 Å². The van der Waals surface area contributed by atoms with Gasteiger partial charge in [0.05, 0.1) is 33.6 Å². The third kappa shape index (κ3) is 6.19. The Morgan fingerprint density at radius 2 is 1.76 bits per heavy atom. The predicted molar refractivity (Wildman–Crippen MR) is 115 cm³/mol. The van der Waals surface area contributed by atoms with E-state index in [0.29, 0.717) is 26.0 Å². The first-order valence-corrected chi connectivity index (χ1v) is 10.3. The molecule has 0 saturated carbocycles. The van der Waals surface area contributed by atoms with Crippen LogP contribution in [-0.4, -0.2) is 39.8 Å². The number of carbonyl (C=O) groups is 2. The van der Waals surface area contributed by atoms with Crippen LogP contribution in [-0.2, 0) is 11.2 Å². The van der Waals surface area contributed by atoms with Gasteiger partial charge in [0.2, 0.25) is 0 Å². The van der Waals surface area contributed by atoms with E-state index in [2.05, 4.69) is 37.2 Å². The summed E-state index contributed by atoms with van der Waals surface area (Å²) >= 11 is 6.72. The van der Waals surface area contributed by atoms with Gasteiger partial charge in [0, 0.05) is 0 Å². The van der Waals surface area contributed by atoms with E-state index in [1.807, 2.05) is 13.8 Å². The third-order valence-electron chi connectivity index (χ3n) is 4.16. The summed E-state index contributed by atoms with van der Waals surface area (Å²) in [4.78, 5) is 23.4. The Hall–Kier alpha value is -2.10. The SMILES string of the molecule is CC(C)C(CO)NC(=O)c1cc(Oc2c(Br)cc(CC(=O)O)cc2Br)ccc1O. The van der Waals surface area contributed by atoms with Gasteiger partial charge >= 0.3 is 5.97 Å². The van der Waals surface area contributed by atoms with Gasteiger partial charge in [-0.15, -0.1) is 0 Å². The number of nitrogens with one attached hydrogen (secondary N) is 1. The molecule has 0 radical (unpaired) electrons. The Kier molecular flexibility index (Phi) is 8.06. The number of aliphatic hydroxyl groups excluding tert-OH is 1. The van der Waals surface area contributed by atoms with Gasteiger partial charge in [0.15, 0.2) is 5.75 Å². The Morgan fingerprint density at radius 1 is 1.14 bits per heavy atom. The van der Waals surface area contributed by atoms with E-state index < -0.39 is 17.9 Å². The number of benzene rings is 2. The topological polar surface area (TPSA) is 116 Å². The van der Waals surface area contributed by atoms with E-state index in [4.69, 9.17) is 9.84 Å². The first kappa shape index (κ1) is 23.2. The second-order valence-corrected chi connectivity index (χ2v) is 8.46. The molecule has 9 heteroatoms. The number of amides is 1. The summed E-state index contributed by atoms with van der Waals surface area (Å²) < 4.78 is 6.90. The highest BCUT2D eigenvalue weighted by atomic mass is 79.9. The molecule has 0 heterocycles. The molecule has 4 N–H and O–H groups in total. The molecule has 0 aromatic heterocycles. The van der Waals surface area contributed by atoms with E-state index >= 15 is 0 Å². The van der Waals surface area contributed by atoms with Gasteiger partial charge in [-0.2, -0.15) is 0 Å². The summed E-state index contributed by atoms with van der Waals surface area (Å²) in [5, 5.41) is 31.1. The highest BCUT2D eigenvalue weighted by Gasteiger charge is 2.20. The molecule has 7 nitrogen and oxygen atoms in total. The fourth-order valence-corrected chi connectivity index (χ4v) is 3.98. The molecule has 2 aromatic carbocycles. The summed E-state index contributed by atoms with van der Waals surface area (Å²) in [5.74, 6) is -0.992. The number of hydrogen-bond acceptors (Lipinski definition) is 5. The molecule has 2 rings (SSSR count). The highest BCUT2D eigenvalue weighted by Crippen LogP contribution is 2.38. The molecular weight excluding hydrogens is 510 g/mol. The lowest BCUT2D eigenvalue weighted by Gasteiger charge is -2.20. The quantitative estimate of drug-likeness (QED) is 0.408. The number of carboxylic acids is 1. The Balaban J connectivity index is 2.28. The van der Waals surface area contributed by atoms with Crippen LogP contribution in [0.25, 0.3) is 0 Å². The van der Waals surface area contributed by atoms with Crippen molar-refractivity contribution < 1.29 is 29.6 Å². The zero-order valence-corrected chi connectivity index (χ0v) is 18.9. The van der Waals surface area contributed by atoms with Crippen LogP contribution in [0.3, 0.4) is 0 Å². The van der Waals surface area contributed by atoms with Crippen molar-refractivity contribution in [2.24, 2.45) is 5.92 Å². The number of halogens is 2. The van der Waals surface area contributed by atoms with E-state index in [0.717, 1.165) is 0 Å². The minimum atomic E-state index is -0.950. The summed E-state index contributed by atoms with van der Waals surface area (Å²) in [6.07, 6.45) is -0.136. The number of aromatic hydroxyl groups is 1. The molecule has 156 valence electrons. The Bertz CT molecular complexity index is 893. The lowest BCUT2D eigenvalue weighted by atomic mass is 10.0. The monoisotopic (exact) mass is 529 g/mol. The molecule has 0 aliphatic heterocycles. The van der Waals surface area contributed by atoms with Gasteiger partial charge in [-0.25, -0.2) is 0 Å². The summed E-state index contributed by atoms with van der Waals surface area (Å²) in [5.41, 5.74) is 0.592. The summed E-state index contributed by atoms with van der Waals surface area (Å²) in [6.45, 7) is 3.51. The minimum Gasteiger partial charge on any atom is -0.507 e. The first-order chi connectivity index (χ1) is 13.6. The van der Waals surface area contributed by atoms with Crippen molar-refractivity contribution in [2.75, 3.05) is 6.61 Å². The van der Waals surface area contributed by atoms with Gasteiger partial charge in [-0.1, -0.05) is 13.8 Å². The fraction of sp³-hybridized carbons (Fsp3) is 0.300. The summed E-state index contributed by atoms with van der Waals surface area (Å²) in [7, 11) is 0. The Labute approximate surface area is 185 Å². The van der Waals surface area contributed by atoms with Crippen molar-refractivity contribution in [3.05, 3.63) is 50.4 Å². The number of rotatable bonds is 8. The number of phenols is 1. The van der Waals surface area contributed by atoms with Crippen molar-refractivity contribution >= 4 is 43.7 Å². The van der Waals surface area contributed by atoms with E-state index in [1.54, 1.807) is 12.1 Å². The number of carboxylic acid groups (broad SMARTS) is 1. The van der Waals surface area contributed by atoms with E-state index in [9.17, 15) is 19.8 Å². The molecule has 0 fully saturated rings. The van der Waals surface area contributed by atoms with Crippen LogP contribution >= 0.6 is 31.9 Å². The maximum absolute atomic E-state index is 12.5. The predicted octanol–water partition coefficient (Wildman–Crippen LogP) is 4.08. The second-order valence-electron chi connectivity index (χ2n) is 6.75. The molecule has 2 aromatic rings. The standard InChI is InChI=1S/C20H21Br2NO6/c1-10(2)16(9-24)23-20(28)13-8-12(3-4-17(13)25)29-19-14(21)5-11(6-15(19)22)7-18(26)27/h3-6,8,10,16,24-25H,7,9H2,1-2H3,(H,23,28)(H,26,27). The maximum atomic E-state index is 12.5. The van der Waals surface area contributed by atoms with Gasteiger partial charge in [0.1, 0.15) is 11.5 Å². The molecule has 0 aliphatic rings. The summed E-state index contributed by atoms with van der Waals surface area (Å²) in [6, 6.07) is 7.06. The number of carbonyl (C=O) groups excluding carboxylic acids is 1. The molecule has 0 bridgehead atoms. The molecule has 0 saturated heterocycles. The molecule has 1 unspecified atom stereocenters. The minimum absolute atomic E-state index is 0.0105. The molecule has 1 atom stereocenters. The first-order valence-electron chi connectivity index (χ1n) is 8.74. The number of aliphatic carboxylic acids is 1. The van der Waals surface area contributed by atoms with Crippen LogP contribution in [0.2, 0.25) is 0 Å². The lowest BCUT2D eigenvalue weighted by Crippen LogP contribution is -2.41. The van der Waals surface area contributed by atoms with Gasteiger partial charge < -0.3 is 25.4 Å². The lowest BCUT2D eigenvalue weighted by molar-refractivity contribution is -0.136. The van der Waals surface area contributed by atoms with Crippen LogP contribution < -0.4 is 10.1 Å². The van der Waals surface area contributed by atoms with Crippen LogP contribution in [0.5, 0.6) is 17.2 Å². The van der Waals surface area contributed by atoms with Crippen molar-refractivity contribution in [3.63, 3.8) is 0 Å².